The fraction of sp³-hybridized carbons (Fsp3) is 0.438. The van der Waals surface area contributed by atoms with Gasteiger partial charge in [0, 0.05) is 36.1 Å². The fourth-order valence-electron chi connectivity index (χ4n) is 2.88. The molecule has 0 saturated carbocycles. The largest absolute Gasteiger partial charge is 0.374 e. The molecule has 3 rings (SSSR count). The molecule has 1 aromatic carbocycles. The number of likely N-dealkylation sites (tertiary alicyclic amines) is 1. The van der Waals surface area contributed by atoms with E-state index in [1.807, 2.05) is 0 Å². The van der Waals surface area contributed by atoms with Crippen LogP contribution < -0.4 is 0 Å². The van der Waals surface area contributed by atoms with Crippen LogP contribution in [0, 0.1) is 0 Å². The highest BCUT2D eigenvalue weighted by molar-refractivity contribution is 6.17. The highest BCUT2D eigenvalue weighted by Crippen LogP contribution is 2.37. The van der Waals surface area contributed by atoms with Gasteiger partial charge in [0.05, 0.1) is 5.69 Å². The molecule has 0 atom stereocenters. The standard InChI is InChI=1S/C16H20N2/c1-2-3-10-18-11-6-9-16(18)14-12-17-15-8-5-4-7-13(14)15/h4-5,7-8,12H,2-3,6,9-11H2,1H3/b16-14+. The molecular formula is C16H20N2. The van der Waals surface area contributed by atoms with Gasteiger partial charge in [-0.05, 0) is 25.3 Å². The van der Waals surface area contributed by atoms with Gasteiger partial charge >= 0.3 is 0 Å². The van der Waals surface area contributed by atoms with Crippen molar-refractivity contribution >= 4 is 17.5 Å². The molecule has 2 nitrogen and oxygen atoms in total. The Hall–Kier alpha value is -1.57. The predicted octanol–water partition coefficient (Wildman–Crippen LogP) is 4.01. The third-order valence-corrected chi connectivity index (χ3v) is 3.84. The van der Waals surface area contributed by atoms with Gasteiger partial charge in [-0.1, -0.05) is 31.5 Å². The Kier molecular flexibility index (Phi) is 3.18. The third-order valence-electron chi connectivity index (χ3n) is 3.84. The van der Waals surface area contributed by atoms with Crippen molar-refractivity contribution in [2.24, 2.45) is 4.99 Å². The lowest BCUT2D eigenvalue weighted by Crippen LogP contribution is -2.20. The number of para-hydroxylation sites is 1. The predicted molar refractivity (Wildman–Crippen MR) is 77.2 cm³/mol. The summed E-state index contributed by atoms with van der Waals surface area (Å²) in [5, 5.41) is 0. The summed E-state index contributed by atoms with van der Waals surface area (Å²) in [6.45, 7) is 4.68. The topological polar surface area (TPSA) is 15.6 Å². The second-order valence-electron chi connectivity index (χ2n) is 5.08. The minimum Gasteiger partial charge on any atom is -0.374 e. The molecule has 18 heavy (non-hydrogen) atoms. The Balaban J connectivity index is 1.93. The van der Waals surface area contributed by atoms with E-state index < -0.39 is 0 Å². The first-order chi connectivity index (χ1) is 8.90. The average Bonchev–Trinajstić information content (AvgIpc) is 3.02. The number of benzene rings is 1. The van der Waals surface area contributed by atoms with Crippen LogP contribution in [0.4, 0.5) is 5.69 Å². The van der Waals surface area contributed by atoms with Crippen molar-refractivity contribution in [2.75, 3.05) is 13.1 Å². The van der Waals surface area contributed by atoms with Gasteiger partial charge in [-0.25, -0.2) is 0 Å². The molecule has 0 unspecified atom stereocenters. The van der Waals surface area contributed by atoms with Crippen LogP contribution in [0.15, 0.2) is 35.0 Å². The highest BCUT2D eigenvalue weighted by atomic mass is 15.2. The second-order valence-corrected chi connectivity index (χ2v) is 5.08. The van der Waals surface area contributed by atoms with Crippen molar-refractivity contribution in [1.82, 2.24) is 4.90 Å². The van der Waals surface area contributed by atoms with Gasteiger partial charge in [0.1, 0.15) is 0 Å². The molecule has 0 aromatic heterocycles. The van der Waals surface area contributed by atoms with Crippen LogP contribution in [0.2, 0.25) is 0 Å². The average molecular weight is 240 g/mol. The maximum Gasteiger partial charge on any atom is 0.0709 e. The maximum absolute atomic E-state index is 4.53. The van der Waals surface area contributed by atoms with Gasteiger partial charge in [0.15, 0.2) is 0 Å². The third kappa shape index (κ3) is 1.96. The normalized spacial score (nSPS) is 21.7. The number of allylic oxidation sites excluding steroid dienone is 2. The van der Waals surface area contributed by atoms with Crippen LogP contribution in [-0.2, 0) is 0 Å². The molecule has 0 amide bonds. The van der Waals surface area contributed by atoms with Crippen LogP contribution >= 0.6 is 0 Å². The van der Waals surface area contributed by atoms with E-state index >= 15 is 0 Å². The molecule has 2 aliphatic heterocycles. The second kappa shape index (κ2) is 4.97. The number of hydrogen-bond donors (Lipinski definition) is 0. The number of hydrogen-bond acceptors (Lipinski definition) is 2. The summed E-state index contributed by atoms with van der Waals surface area (Å²) in [6.07, 6.45) is 7.11. The first kappa shape index (κ1) is 11.5. The smallest absolute Gasteiger partial charge is 0.0709 e. The van der Waals surface area contributed by atoms with E-state index in [-0.39, 0.29) is 0 Å². The summed E-state index contributed by atoms with van der Waals surface area (Å²) in [5.74, 6) is 0. The van der Waals surface area contributed by atoms with Gasteiger partial charge in [0.25, 0.3) is 0 Å². The van der Waals surface area contributed by atoms with Crippen LogP contribution in [0.3, 0.4) is 0 Å². The van der Waals surface area contributed by atoms with Crippen LogP contribution in [-0.4, -0.2) is 24.2 Å². The molecule has 1 fully saturated rings. The summed E-state index contributed by atoms with van der Waals surface area (Å²) in [7, 11) is 0. The van der Waals surface area contributed by atoms with Crippen molar-refractivity contribution in [3.8, 4) is 0 Å². The van der Waals surface area contributed by atoms with Crippen molar-refractivity contribution in [3.63, 3.8) is 0 Å². The zero-order chi connectivity index (χ0) is 12.4. The van der Waals surface area contributed by atoms with Crippen molar-refractivity contribution in [1.29, 1.82) is 0 Å². The first-order valence-electron chi connectivity index (χ1n) is 7.01. The molecule has 2 heteroatoms. The summed E-state index contributed by atoms with van der Waals surface area (Å²) in [6, 6.07) is 8.47. The van der Waals surface area contributed by atoms with Crippen molar-refractivity contribution in [2.45, 2.75) is 32.6 Å². The lowest BCUT2D eigenvalue weighted by atomic mass is 10.0. The van der Waals surface area contributed by atoms with Gasteiger partial charge in [0.2, 0.25) is 0 Å². The lowest BCUT2D eigenvalue weighted by Gasteiger charge is -2.21. The monoisotopic (exact) mass is 240 g/mol. The van der Waals surface area contributed by atoms with Gasteiger partial charge in [-0.15, -0.1) is 0 Å². The zero-order valence-electron chi connectivity index (χ0n) is 11.0. The molecule has 0 N–H and O–H groups in total. The Morgan fingerprint density at radius 2 is 2.17 bits per heavy atom. The van der Waals surface area contributed by atoms with E-state index in [1.165, 1.54) is 55.6 Å². The zero-order valence-corrected chi connectivity index (χ0v) is 11.0. The molecule has 94 valence electrons. The molecular weight excluding hydrogens is 220 g/mol. The van der Waals surface area contributed by atoms with Crippen LogP contribution in [0.1, 0.15) is 38.2 Å². The number of aliphatic imine (C=N–C) groups is 1. The maximum atomic E-state index is 4.53. The summed E-state index contributed by atoms with van der Waals surface area (Å²) in [4.78, 5) is 7.09. The Morgan fingerprint density at radius 3 is 3.06 bits per heavy atom. The Labute approximate surface area is 109 Å². The van der Waals surface area contributed by atoms with Crippen LogP contribution in [0.5, 0.6) is 0 Å². The Morgan fingerprint density at radius 1 is 1.28 bits per heavy atom. The Bertz CT molecular complexity index is 500. The molecule has 1 aromatic rings. The SMILES string of the molecule is CCCCN1CCC/C1=C1/C=Nc2ccccc21. The molecule has 1 saturated heterocycles. The molecule has 2 heterocycles. The lowest BCUT2D eigenvalue weighted by molar-refractivity contribution is 0.385. The van der Waals surface area contributed by atoms with E-state index in [9.17, 15) is 0 Å². The number of rotatable bonds is 3. The van der Waals surface area contributed by atoms with E-state index in [4.69, 9.17) is 0 Å². The summed E-state index contributed by atoms with van der Waals surface area (Å²) in [5.41, 5.74) is 5.31. The molecule has 0 radical (unpaired) electrons. The van der Waals surface area contributed by atoms with E-state index in [2.05, 4.69) is 47.3 Å². The number of unbranched alkanes of at least 4 members (excludes halogenated alkanes) is 1. The summed E-state index contributed by atoms with van der Waals surface area (Å²) >= 11 is 0. The summed E-state index contributed by atoms with van der Waals surface area (Å²) < 4.78 is 0. The van der Waals surface area contributed by atoms with Gasteiger partial charge in [-0.3, -0.25) is 4.99 Å². The number of fused-ring (bicyclic) bond motifs is 1. The van der Waals surface area contributed by atoms with Gasteiger partial charge in [-0.2, -0.15) is 0 Å². The molecule has 0 aliphatic carbocycles. The molecule has 2 aliphatic rings. The van der Waals surface area contributed by atoms with Crippen molar-refractivity contribution < 1.29 is 0 Å². The van der Waals surface area contributed by atoms with Crippen molar-refractivity contribution in [3.05, 3.63) is 35.5 Å². The van der Waals surface area contributed by atoms with Gasteiger partial charge < -0.3 is 4.90 Å². The molecule has 0 bridgehead atoms. The number of nitrogens with zero attached hydrogens (tertiary/aromatic N) is 2. The molecule has 0 spiro atoms. The fourth-order valence-corrected chi connectivity index (χ4v) is 2.88. The quantitative estimate of drug-likeness (QED) is 0.779. The van der Waals surface area contributed by atoms with E-state index in [1.54, 1.807) is 0 Å². The minimum atomic E-state index is 1.13. The first-order valence-corrected chi connectivity index (χ1v) is 7.01. The van der Waals surface area contributed by atoms with Crippen LogP contribution in [0.25, 0.3) is 5.57 Å². The van der Waals surface area contributed by atoms with E-state index in [0.717, 1.165) is 5.69 Å². The highest BCUT2D eigenvalue weighted by Gasteiger charge is 2.23. The van der Waals surface area contributed by atoms with E-state index in [0.29, 0.717) is 0 Å². The minimum absolute atomic E-state index is 1.13.